The highest BCUT2D eigenvalue weighted by molar-refractivity contribution is 5.32. The van der Waals surface area contributed by atoms with Crippen LogP contribution in [0.15, 0.2) is 18.2 Å². The second kappa shape index (κ2) is 8.91. The average molecular weight is 267 g/mol. The van der Waals surface area contributed by atoms with Gasteiger partial charge in [-0.1, -0.05) is 6.07 Å². The van der Waals surface area contributed by atoms with Gasteiger partial charge in [0.2, 0.25) is 0 Å². The first-order valence-corrected chi connectivity index (χ1v) is 6.81. The Morgan fingerprint density at radius 1 is 0.947 bits per heavy atom. The molecule has 0 bridgehead atoms. The first-order chi connectivity index (χ1) is 9.15. The van der Waals surface area contributed by atoms with Crippen molar-refractivity contribution < 1.29 is 14.9 Å². The van der Waals surface area contributed by atoms with Gasteiger partial charge in [0.05, 0.1) is 19.8 Å². The van der Waals surface area contributed by atoms with Gasteiger partial charge in [0, 0.05) is 19.6 Å². The van der Waals surface area contributed by atoms with Crippen molar-refractivity contribution in [1.82, 2.24) is 4.90 Å². The van der Waals surface area contributed by atoms with Crippen molar-refractivity contribution in [2.75, 3.05) is 39.5 Å². The summed E-state index contributed by atoms with van der Waals surface area (Å²) < 4.78 is 5.72. The molecule has 19 heavy (non-hydrogen) atoms. The van der Waals surface area contributed by atoms with E-state index in [2.05, 4.69) is 19.9 Å². The minimum Gasteiger partial charge on any atom is -0.494 e. The quantitative estimate of drug-likeness (QED) is 0.663. The second-order valence-electron chi connectivity index (χ2n) is 4.81. The van der Waals surface area contributed by atoms with E-state index in [-0.39, 0.29) is 13.2 Å². The second-order valence-corrected chi connectivity index (χ2v) is 4.81. The highest BCUT2D eigenvalue weighted by atomic mass is 16.5. The molecule has 0 heterocycles. The van der Waals surface area contributed by atoms with Crippen molar-refractivity contribution in [3.63, 3.8) is 0 Å². The van der Waals surface area contributed by atoms with E-state index in [9.17, 15) is 0 Å². The summed E-state index contributed by atoms with van der Waals surface area (Å²) in [5.74, 6) is 0.911. The molecular weight excluding hydrogens is 242 g/mol. The minimum absolute atomic E-state index is 0.123. The maximum Gasteiger partial charge on any atom is 0.119 e. The number of hydrogen-bond acceptors (Lipinski definition) is 4. The highest BCUT2D eigenvalue weighted by Crippen LogP contribution is 2.16. The van der Waals surface area contributed by atoms with Crippen LogP contribution in [-0.4, -0.2) is 54.6 Å². The summed E-state index contributed by atoms with van der Waals surface area (Å²) in [6.45, 7) is 7.04. The summed E-state index contributed by atoms with van der Waals surface area (Å²) in [4.78, 5) is 2.03. The van der Waals surface area contributed by atoms with E-state index in [4.69, 9.17) is 14.9 Å². The Morgan fingerprint density at radius 2 is 1.53 bits per heavy atom. The van der Waals surface area contributed by atoms with Gasteiger partial charge in [-0.15, -0.1) is 0 Å². The zero-order valence-electron chi connectivity index (χ0n) is 11.9. The highest BCUT2D eigenvalue weighted by Gasteiger charge is 2.03. The standard InChI is InChI=1S/C15H25NO3/c1-13-10-14(2)12-15(11-13)19-9-3-4-16(5-7-17)6-8-18/h10-12,17-18H,3-9H2,1-2H3. The van der Waals surface area contributed by atoms with E-state index in [1.54, 1.807) is 0 Å². The van der Waals surface area contributed by atoms with E-state index >= 15 is 0 Å². The molecule has 0 fully saturated rings. The lowest BCUT2D eigenvalue weighted by Gasteiger charge is -2.20. The lowest BCUT2D eigenvalue weighted by atomic mass is 10.1. The Bertz CT molecular complexity index is 342. The fourth-order valence-electron chi connectivity index (χ4n) is 2.11. The van der Waals surface area contributed by atoms with Crippen LogP contribution in [0.25, 0.3) is 0 Å². The summed E-state index contributed by atoms with van der Waals surface area (Å²) in [6.07, 6.45) is 0.882. The maximum absolute atomic E-state index is 8.90. The molecule has 4 nitrogen and oxygen atoms in total. The maximum atomic E-state index is 8.90. The first-order valence-electron chi connectivity index (χ1n) is 6.81. The van der Waals surface area contributed by atoms with Crippen LogP contribution >= 0.6 is 0 Å². The molecule has 108 valence electrons. The summed E-state index contributed by atoms with van der Waals surface area (Å²) in [6, 6.07) is 6.19. The largest absolute Gasteiger partial charge is 0.494 e. The number of benzene rings is 1. The van der Waals surface area contributed by atoms with Crippen LogP contribution < -0.4 is 4.74 Å². The van der Waals surface area contributed by atoms with Crippen LogP contribution in [0.5, 0.6) is 5.75 Å². The monoisotopic (exact) mass is 267 g/mol. The molecule has 0 spiro atoms. The Hall–Kier alpha value is -1.10. The zero-order valence-corrected chi connectivity index (χ0v) is 11.9. The molecule has 0 saturated carbocycles. The number of nitrogens with zero attached hydrogens (tertiary/aromatic N) is 1. The fraction of sp³-hybridized carbons (Fsp3) is 0.600. The van der Waals surface area contributed by atoms with Crippen LogP contribution in [0.4, 0.5) is 0 Å². The Kier molecular flexibility index (Phi) is 7.48. The third-order valence-electron chi connectivity index (χ3n) is 2.92. The predicted octanol–water partition coefficient (Wildman–Crippen LogP) is 1.36. The normalized spacial score (nSPS) is 11.0. The summed E-state index contributed by atoms with van der Waals surface area (Å²) in [5.41, 5.74) is 2.41. The molecule has 4 heteroatoms. The third-order valence-corrected chi connectivity index (χ3v) is 2.92. The molecule has 0 aliphatic rings. The van der Waals surface area contributed by atoms with Gasteiger partial charge >= 0.3 is 0 Å². The Balaban J connectivity index is 2.29. The van der Waals surface area contributed by atoms with Crippen molar-refractivity contribution in [3.8, 4) is 5.75 Å². The Morgan fingerprint density at radius 3 is 2.05 bits per heavy atom. The van der Waals surface area contributed by atoms with Gasteiger partial charge in [0.25, 0.3) is 0 Å². The number of aliphatic hydroxyl groups excluding tert-OH is 2. The molecule has 0 radical (unpaired) electrons. The number of hydrogen-bond donors (Lipinski definition) is 2. The van der Waals surface area contributed by atoms with E-state index in [0.717, 1.165) is 18.7 Å². The molecule has 0 saturated heterocycles. The summed E-state index contributed by atoms with van der Waals surface area (Å²) in [5, 5.41) is 17.8. The predicted molar refractivity (Wildman–Crippen MR) is 76.6 cm³/mol. The van der Waals surface area contributed by atoms with E-state index in [0.29, 0.717) is 19.7 Å². The summed E-state index contributed by atoms with van der Waals surface area (Å²) in [7, 11) is 0. The number of aryl methyl sites for hydroxylation is 2. The van der Waals surface area contributed by atoms with Gasteiger partial charge in [-0.05, 0) is 43.5 Å². The lowest BCUT2D eigenvalue weighted by molar-refractivity contribution is 0.152. The molecule has 0 amide bonds. The number of aliphatic hydroxyl groups is 2. The third kappa shape index (κ3) is 6.57. The summed E-state index contributed by atoms with van der Waals surface area (Å²) >= 11 is 0. The Labute approximate surface area is 115 Å². The van der Waals surface area contributed by atoms with Crippen molar-refractivity contribution in [2.24, 2.45) is 0 Å². The van der Waals surface area contributed by atoms with Gasteiger partial charge in [-0.25, -0.2) is 0 Å². The average Bonchev–Trinajstić information content (AvgIpc) is 2.34. The van der Waals surface area contributed by atoms with Crippen LogP contribution in [0.2, 0.25) is 0 Å². The van der Waals surface area contributed by atoms with E-state index in [1.165, 1.54) is 11.1 Å². The topological polar surface area (TPSA) is 52.9 Å². The van der Waals surface area contributed by atoms with E-state index in [1.807, 2.05) is 17.0 Å². The molecular formula is C15H25NO3. The van der Waals surface area contributed by atoms with Gasteiger partial charge < -0.3 is 14.9 Å². The number of ether oxygens (including phenoxy) is 1. The zero-order chi connectivity index (χ0) is 14.1. The molecule has 0 aromatic heterocycles. The van der Waals surface area contributed by atoms with Crippen molar-refractivity contribution in [3.05, 3.63) is 29.3 Å². The van der Waals surface area contributed by atoms with E-state index < -0.39 is 0 Å². The minimum atomic E-state index is 0.123. The van der Waals surface area contributed by atoms with Crippen LogP contribution in [0.1, 0.15) is 17.5 Å². The molecule has 1 aromatic rings. The number of rotatable bonds is 9. The molecule has 0 aliphatic heterocycles. The van der Waals surface area contributed by atoms with Gasteiger partial charge in [-0.3, -0.25) is 4.90 Å². The van der Waals surface area contributed by atoms with Crippen molar-refractivity contribution in [2.45, 2.75) is 20.3 Å². The molecule has 1 aromatic carbocycles. The van der Waals surface area contributed by atoms with Crippen LogP contribution in [0, 0.1) is 13.8 Å². The van der Waals surface area contributed by atoms with Gasteiger partial charge in [-0.2, -0.15) is 0 Å². The van der Waals surface area contributed by atoms with Gasteiger partial charge in [0.15, 0.2) is 0 Å². The smallest absolute Gasteiger partial charge is 0.119 e. The molecule has 0 aliphatic carbocycles. The van der Waals surface area contributed by atoms with Crippen molar-refractivity contribution >= 4 is 0 Å². The van der Waals surface area contributed by atoms with Crippen LogP contribution in [-0.2, 0) is 0 Å². The molecule has 0 atom stereocenters. The first kappa shape index (κ1) is 16.0. The van der Waals surface area contributed by atoms with Gasteiger partial charge in [0.1, 0.15) is 5.75 Å². The molecule has 2 N–H and O–H groups in total. The van der Waals surface area contributed by atoms with Crippen molar-refractivity contribution in [1.29, 1.82) is 0 Å². The van der Waals surface area contributed by atoms with Crippen LogP contribution in [0.3, 0.4) is 0 Å². The molecule has 0 unspecified atom stereocenters. The molecule has 1 rings (SSSR count). The SMILES string of the molecule is Cc1cc(C)cc(OCCCN(CCO)CCO)c1. The fourth-order valence-corrected chi connectivity index (χ4v) is 2.11. The lowest BCUT2D eigenvalue weighted by Crippen LogP contribution is -2.31.